The van der Waals surface area contributed by atoms with Crippen molar-refractivity contribution in [3.05, 3.63) is 12.2 Å². The van der Waals surface area contributed by atoms with Crippen LogP contribution >= 0.6 is 0 Å². The van der Waals surface area contributed by atoms with Crippen LogP contribution in [0.5, 0.6) is 0 Å². The Bertz CT molecular complexity index is 191. The molecule has 2 rings (SSSR count). The third-order valence-electron chi connectivity index (χ3n) is 2.24. The van der Waals surface area contributed by atoms with Crippen molar-refractivity contribution >= 4 is 5.97 Å². The second-order valence-electron chi connectivity index (χ2n) is 2.91. The fourth-order valence-corrected chi connectivity index (χ4v) is 1.71. The highest BCUT2D eigenvalue weighted by Crippen LogP contribution is 2.31. The summed E-state index contributed by atoms with van der Waals surface area (Å²) >= 11 is 0. The largest absolute Gasteiger partial charge is 0.455 e. The molecule has 2 aliphatic rings. The van der Waals surface area contributed by atoms with E-state index in [-0.39, 0.29) is 24.1 Å². The van der Waals surface area contributed by atoms with Gasteiger partial charge in [-0.2, -0.15) is 0 Å². The zero-order valence-corrected chi connectivity index (χ0v) is 6.32. The van der Waals surface area contributed by atoms with E-state index in [0.717, 1.165) is 0 Å². The smallest absolute Gasteiger partial charge is 0.307 e. The third-order valence-corrected chi connectivity index (χ3v) is 2.24. The van der Waals surface area contributed by atoms with Gasteiger partial charge in [0.1, 0.15) is 12.2 Å². The van der Waals surface area contributed by atoms with E-state index in [2.05, 4.69) is 0 Å². The summed E-state index contributed by atoms with van der Waals surface area (Å²) in [4.78, 5) is 10.9. The van der Waals surface area contributed by atoms with Gasteiger partial charge in [-0.3, -0.25) is 4.79 Å². The van der Waals surface area contributed by atoms with Crippen LogP contribution in [0.1, 0.15) is 6.42 Å². The predicted molar refractivity (Wildman–Crippen MR) is 37.9 cm³/mol. The number of carbonyl (C=O) groups excluding carboxylic acids is 1. The van der Waals surface area contributed by atoms with Gasteiger partial charge < -0.3 is 9.47 Å². The van der Waals surface area contributed by atoms with Gasteiger partial charge in [0.15, 0.2) is 0 Å². The van der Waals surface area contributed by atoms with Gasteiger partial charge in [-0.1, -0.05) is 6.08 Å². The lowest BCUT2D eigenvalue weighted by Gasteiger charge is -2.28. The Labute approximate surface area is 65.0 Å². The monoisotopic (exact) mass is 154 g/mol. The van der Waals surface area contributed by atoms with Crippen LogP contribution in [-0.2, 0) is 14.3 Å². The van der Waals surface area contributed by atoms with Crippen molar-refractivity contribution in [3.8, 4) is 0 Å². The van der Waals surface area contributed by atoms with Crippen LogP contribution in [0, 0.1) is 5.92 Å². The SMILES string of the molecule is COC1C2C=CC1OC(=O)C2. The summed E-state index contributed by atoms with van der Waals surface area (Å²) in [5, 5.41) is 0. The normalized spacial score (nSPS) is 40.8. The van der Waals surface area contributed by atoms with Gasteiger partial charge in [-0.25, -0.2) is 0 Å². The van der Waals surface area contributed by atoms with Gasteiger partial charge in [-0.15, -0.1) is 0 Å². The number of hydrogen-bond acceptors (Lipinski definition) is 3. The summed E-state index contributed by atoms with van der Waals surface area (Å²) in [5.74, 6) is 0.129. The highest BCUT2D eigenvalue weighted by atomic mass is 16.6. The summed E-state index contributed by atoms with van der Waals surface area (Å²) in [5.41, 5.74) is 0. The molecule has 3 atom stereocenters. The lowest BCUT2D eigenvalue weighted by molar-refractivity contribution is -0.162. The molecule has 1 heterocycles. The zero-order chi connectivity index (χ0) is 7.84. The molecule has 1 aliphatic carbocycles. The average Bonchev–Trinajstić information content (AvgIpc) is 2.23. The molecule has 0 aromatic rings. The first-order valence-electron chi connectivity index (χ1n) is 3.72. The third kappa shape index (κ3) is 0.959. The number of hydrogen-bond donors (Lipinski definition) is 0. The molecular weight excluding hydrogens is 144 g/mol. The maximum absolute atomic E-state index is 10.9. The minimum atomic E-state index is -0.133. The van der Waals surface area contributed by atoms with Gasteiger partial charge in [0.25, 0.3) is 0 Å². The highest BCUT2D eigenvalue weighted by molar-refractivity contribution is 5.72. The molecular formula is C8H10O3. The summed E-state index contributed by atoms with van der Waals surface area (Å²) in [6, 6.07) is 0. The number of ether oxygens (including phenoxy) is 2. The molecule has 0 aromatic heterocycles. The van der Waals surface area contributed by atoms with Crippen molar-refractivity contribution in [2.75, 3.05) is 7.11 Å². The quantitative estimate of drug-likeness (QED) is 0.407. The van der Waals surface area contributed by atoms with E-state index < -0.39 is 0 Å². The molecule has 3 nitrogen and oxygen atoms in total. The second-order valence-corrected chi connectivity index (χ2v) is 2.91. The van der Waals surface area contributed by atoms with Crippen molar-refractivity contribution in [2.45, 2.75) is 18.6 Å². The highest BCUT2D eigenvalue weighted by Gasteiger charge is 2.40. The Morgan fingerprint density at radius 2 is 2.45 bits per heavy atom. The predicted octanol–water partition coefficient (Wildman–Crippen LogP) is 0.503. The van der Waals surface area contributed by atoms with Gasteiger partial charge in [0.2, 0.25) is 0 Å². The van der Waals surface area contributed by atoms with E-state index in [1.807, 2.05) is 12.2 Å². The van der Waals surface area contributed by atoms with E-state index >= 15 is 0 Å². The topological polar surface area (TPSA) is 35.5 Å². The van der Waals surface area contributed by atoms with Gasteiger partial charge in [0, 0.05) is 13.0 Å². The van der Waals surface area contributed by atoms with Gasteiger partial charge >= 0.3 is 5.97 Å². The first-order chi connectivity index (χ1) is 5.31. The summed E-state index contributed by atoms with van der Waals surface area (Å²) < 4.78 is 10.2. The van der Waals surface area contributed by atoms with Crippen LogP contribution in [0.25, 0.3) is 0 Å². The maximum atomic E-state index is 10.9. The van der Waals surface area contributed by atoms with E-state index in [9.17, 15) is 4.79 Å². The van der Waals surface area contributed by atoms with Crippen LogP contribution in [0.4, 0.5) is 0 Å². The van der Waals surface area contributed by atoms with Crippen LogP contribution in [0.2, 0.25) is 0 Å². The van der Waals surface area contributed by atoms with Crippen LogP contribution in [0.15, 0.2) is 12.2 Å². The molecule has 0 N–H and O–H groups in total. The minimum absolute atomic E-state index is 0.0627. The molecule has 1 fully saturated rings. The average molecular weight is 154 g/mol. The fourth-order valence-electron chi connectivity index (χ4n) is 1.71. The Balaban J connectivity index is 2.16. The Morgan fingerprint density at radius 1 is 1.64 bits per heavy atom. The molecule has 0 aromatic carbocycles. The maximum Gasteiger partial charge on any atom is 0.307 e. The van der Waals surface area contributed by atoms with Gasteiger partial charge in [-0.05, 0) is 6.08 Å². The number of carbonyl (C=O) groups is 1. The molecule has 60 valence electrons. The Morgan fingerprint density at radius 3 is 3.09 bits per heavy atom. The number of rotatable bonds is 1. The number of fused-ring (bicyclic) bond motifs is 2. The summed E-state index contributed by atoms with van der Waals surface area (Å²) in [6.07, 6.45) is 4.30. The van der Waals surface area contributed by atoms with Crippen LogP contribution in [-0.4, -0.2) is 25.3 Å². The van der Waals surface area contributed by atoms with Crippen LogP contribution in [0.3, 0.4) is 0 Å². The Kier molecular flexibility index (Phi) is 1.46. The Hall–Kier alpha value is -0.830. The summed E-state index contributed by atoms with van der Waals surface area (Å²) in [7, 11) is 1.65. The lowest BCUT2D eigenvalue weighted by Crippen LogP contribution is -2.38. The van der Waals surface area contributed by atoms with Crippen molar-refractivity contribution in [1.82, 2.24) is 0 Å². The van der Waals surface area contributed by atoms with E-state index in [0.29, 0.717) is 6.42 Å². The molecule has 0 radical (unpaired) electrons. The van der Waals surface area contributed by atoms with Crippen LogP contribution < -0.4 is 0 Å². The fraction of sp³-hybridized carbons (Fsp3) is 0.625. The molecule has 0 amide bonds. The van der Waals surface area contributed by atoms with Crippen molar-refractivity contribution in [1.29, 1.82) is 0 Å². The molecule has 0 spiro atoms. The van der Waals surface area contributed by atoms with Crippen molar-refractivity contribution < 1.29 is 14.3 Å². The van der Waals surface area contributed by atoms with Gasteiger partial charge in [0.05, 0.1) is 6.42 Å². The minimum Gasteiger partial charge on any atom is -0.455 e. The van der Waals surface area contributed by atoms with E-state index in [1.165, 1.54) is 0 Å². The summed E-state index contributed by atoms with van der Waals surface area (Å²) in [6.45, 7) is 0. The molecule has 3 heteroatoms. The molecule has 3 unspecified atom stereocenters. The molecule has 2 bridgehead atoms. The molecule has 1 saturated heterocycles. The van der Waals surface area contributed by atoms with E-state index in [1.54, 1.807) is 7.11 Å². The molecule has 0 saturated carbocycles. The number of esters is 1. The first-order valence-corrected chi connectivity index (χ1v) is 3.72. The van der Waals surface area contributed by atoms with E-state index in [4.69, 9.17) is 9.47 Å². The van der Waals surface area contributed by atoms with Crippen molar-refractivity contribution in [3.63, 3.8) is 0 Å². The van der Waals surface area contributed by atoms with Crippen molar-refractivity contribution in [2.24, 2.45) is 5.92 Å². The lowest BCUT2D eigenvalue weighted by atomic mass is 9.99. The standard InChI is InChI=1S/C8H10O3/c1-10-8-5-2-3-6(8)11-7(9)4-5/h2-3,5-6,8H,4H2,1H3. The second kappa shape index (κ2) is 2.34. The zero-order valence-electron chi connectivity index (χ0n) is 6.32. The number of methoxy groups -OCH3 is 1. The molecule has 1 aliphatic heterocycles. The first kappa shape index (κ1) is 6.85. The molecule has 11 heavy (non-hydrogen) atoms.